The van der Waals surface area contributed by atoms with E-state index in [1.807, 2.05) is 30.3 Å². The molecule has 37 heavy (non-hydrogen) atoms. The summed E-state index contributed by atoms with van der Waals surface area (Å²) in [6.07, 6.45) is 5.21. The van der Waals surface area contributed by atoms with E-state index >= 15 is 0 Å². The lowest BCUT2D eigenvalue weighted by Gasteiger charge is -2.34. The van der Waals surface area contributed by atoms with Crippen molar-refractivity contribution >= 4 is 11.8 Å². The summed E-state index contributed by atoms with van der Waals surface area (Å²) < 4.78 is 11.3. The lowest BCUT2D eigenvalue weighted by molar-refractivity contribution is -0.127. The third kappa shape index (κ3) is 5.88. The Labute approximate surface area is 217 Å². The molecule has 0 aromatic heterocycles. The quantitative estimate of drug-likeness (QED) is 0.477. The highest BCUT2D eigenvalue weighted by atomic mass is 16.6. The number of aromatic hydroxyl groups is 1. The number of carbonyl (C=O) groups is 2. The van der Waals surface area contributed by atoms with Gasteiger partial charge >= 0.3 is 0 Å². The second-order valence-corrected chi connectivity index (χ2v) is 9.61. The van der Waals surface area contributed by atoms with Gasteiger partial charge in [0.15, 0.2) is 11.5 Å². The Bertz CT molecular complexity index is 1220. The van der Waals surface area contributed by atoms with Crippen LogP contribution in [0, 0.1) is 0 Å². The molecule has 1 fully saturated rings. The molecule has 0 spiro atoms. The van der Waals surface area contributed by atoms with Crippen molar-refractivity contribution in [1.29, 1.82) is 0 Å². The van der Waals surface area contributed by atoms with E-state index in [-0.39, 0.29) is 30.2 Å². The van der Waals surface area contributed by atoms with Gasteiger partial charge in [-0.3, -0.25) is 9.59 Å². The van der Waals surface area contributed by atoms with Gasteiger partial charge in [-0.05, 0) is 54.3 Å². The van der Waals surface area contributed by atoms with Crippen LogP contribution >= 0.6 is 0 Å². The topological polar surface area (TPSA) is 88.1 Å². The number of nitrogens with one attached hydrogen (secondary N) is 1. The minimum absolute atomic E-state index is 0.0869. The molecular weight excluding hydrogens is 468 g/mol. The molecule has 1 heterocycles. The van der Waals surface area contributed by atoms with Crippen LogP contribution in [0.2, 0.25) is 0 Å². The zero-order valence-electron chi connectivity index (χ0n) is 20.8. The van der Waals surface area contributed by atoms with E-state index in [9.17, 15) is 14.7 Å². The number of carbonyl (C=O) groups excluding carboxylic acids is 2. The number of hydrogen-bond acceptors (Lipinski definition) is 5. The predicted molar refractivity (Wildman–Crippen MR) is 140 cm³/mol. The van der Waals surface area contributed by atoms with E-state index in [0.717, 1.165) is 31.2 Å². The Hall–Kier alpha value is -4.00. The third-order valence-corrected chi connectivity index (χ3v) is 6.97. The van der Waals surface area contributed by atoms with Crippen molar-refractivity contribution in [2.24, 2.45) is 0 Å². The van der Waals surface area contributed by atoms with Crippen molar-refractivity contribution in [3.8, 4) is 17.2 Å². The number of rotatable bonds is 7. The smallest absolute Gasteiger partial charge is 0.255 e. The molecule has 7 nitrogen and oxygen atoms in total. The van der Waals surface area contributed by atoms with Gasteiger partial charge in [0, 0.05) is 18.2 Å². The summed E-state index contributed by atoms with van der Waals surface area (Å²) in [5.41, 5.74) is 1.95. The molecule has 0 unspecified atom stereocenters. The van der Waals surface area contributed by atoms with Crippen molar-refractivity contribution in [1.82, 2.24) is 10.2 Å². The molecule has 1 aliphatic carbocycles. The first-order chi connectivity index (χ1) is 18.1. The number of fused-ring (bicyclic) bond motifs is 1. The molecule has 2 aliphatic rings. The number of phenols is 1. The first kappa shape index (κ1) is 24.7. The van der Waals surface area contributed by atoms with Gasteiger partial charge < -0.3 is 24.8 Å². The summed E-state index contributed by atoms with van der Waals surface area (Å²) in [7, 11) is 0. The van der Waals surface area contributed by atoms with E-state index in [2.05, 4.69) is 5.32 Å². The van der Waals surface area contributed by atoms with E-state index in [4.69, 9.17) is 9.47 Å². The Kier molecular flexibility index (Phi) is 7.59. The van der Waals surface area contributed by atoms with Crippen LogP contribution in [0.5, 0.6) is 17.2 Å². The van der Waals surface area contributed by atoms with Gasteiger partial charge in [0.1, 0.15) is 25.0 Å². The molecule has 1 saturated carbocycles. The second kappa shape index (κ2) is 11.4. The Balaban J connectivity index is 1.53. The Morgan fingerprint density at radius 3 is 2.32 bits per heavy atom. The minimum Gasteiger partial charge on any atom is -0.508 e. The average Bonchev–Trinajstić information content (AvgIpc) is 2.94. The highest BCUT2D eigenvalue weighted by Gasteiger charge is 2.34. The van der Waals surface area contributed by atoms with Crippen molar-refractivity contribution in [3.63, 3.8) is 0 Å². The van der Waals surface area contributed by atoms with Gasteiger partial charge in [-0.1, -0.05) is 61.7 Å². The number of benzene rings is 3. The highest BCUT2D eigenvalue weighted by molar-refractivity contribution is 5.98. The number of phenolic OH excluding ortho intramolecular Hbond substituents is 1. The Morgan fingerprint density at radius 2 is 1.59 bits per heavy atom. The predicted octanol–water partition coefficient (Wildman–Crippen LogP) is 5.00. The molecule has 2 amide bonds. The molecule has 1 aliphatic heterocycles. The molecule has 7 heteroatoms. The number of amides is 2. The minimum atomic E-state index is -0.886. The van der Waals surface area contributed by atoms with Crippen LogP contribution in [0.25, 0.3) is 0 Å². The maximum atomic E-state index is 14.1. The van der Waals surface area contributed by atoms with Crippen molar-refractivity contribution < 1.29 is 24.2 Å². The maximum absolute atomic E-state index is 14.1. The molecular formula is C30H32N2O5. The van der Waals surface area contributed by atoms with E-state index in [1.165, 1.54) is 6.42 Å². The van der Waals surface area contributed by atoms with E-state index in [1.54, 1.807) is 47.4 Å². The normalized spacial score (nSPS) is 16.0. The standard InChI is InChI=1S/C30H32N2O5/c33-25-14-11-22(12-15-25)28(29(34)31-24-9-5-2-6-10-24)32(20-21-7-3-1-4-8-21)30(35)23-13-16-26-27(19-23)37-18-17-36-26/h1,3-4,7-8,11-16,19,24,28,33H,2,5-6,9-10,17-18,20H2,(H,31,34)/t28-/m0/s1. The zero-order chi connectivity index (χ0) is 25.6. The first-order valence-corrected chi connectivity index (χ1v) is 12.9. The lowest BCUT2D eigenvalue weighted by atomic mass is 9.94. The van der Waals surface area contributed by atoms with Crippen LogP contribution in [0.3, 0.4) is 0 Å². The summed E-state index contributed by atoms with van der Waals surface area (Å²) in [5, 5.41) is 13.1. The van der Waals surface area contributed by atoms with Crippen LogP contribution in [-0.2, 0) is 11.3 Å². The summed E-state index contributed by atoms with van der Waals surface area (Å²) in [6, 6.07) is 20.5. The molecule has 192 valence electrons. The monoisotopic (exact) mass is 500 g/mol. The number of nitrogens with zero attached hydrogens (tertiary/aromatic N) is 1. The molecule has 3 aromatic carbocycles. The van der Waals surface area contributed by atoms with Gasteiger partial charge in [0.25, 0.3) is 5.91 Å². The second-order valence-electron chi connectivity index (χ2n) is 9.61. The SMILES string of the molecule is O=C(NC1CCCCC1)[C@H](c1ccc(O)cc1)N(Cc1ccccc1)C(=O)c1ccc2c(c1)OCCO2. The fourth-order valence-corrected chi connectivity index (χ4v) is 5.06. The van der Waals surface area contributed by atoms with Gasteiger partial charge in [0.05, 0.1) is 0 Å². The van der Waals surface area contributed by atoms with Crippen molar-refractivity contribution in [2.45, 2.75) is 50.7 Å². The summed E-state index contributed by atoms with van der Waals surface area (Å²) in [5.74, 6) is 0.701. The largest absolute Gasteiger partial charge is 0.508 e. The molecule has 3 aromatic rings. The van der Waals surface area contributed by atoms with Crippen LogP contribution in [0.4, 0.5) is 0 Å². The van der Waals surface area contributed by atoms with Gasteiger partial charge in [0.2, 0.25) is 5.91 Å². The zero-order valence-corrected chi connectivity index (χ0v) is 20.8. The third-order valence-electron chi connectivity index (χ3n) is 6.97. The average molecular weight is 501 g/mol. The number of hydrogen-bond donors (Lipinski definition) is 2. The fourth-order valence-electron chi connectivity index (χ4n) is 5.06. The summed E-state index contributed by atoms with van der Waals surface area (Å²) >= 11 is 0. The van der Waals surface area contributed by atoms with E-state index < -0.39 is 6.04 Å². The molecule has 2 N–H and O–H groups in total. The lowest BCUT2D eigenvalue weighted by Crippen LogP contribution is -2.46. The van der Waals surface area contributed by atoms with Crippen molar-refractivity contribution in [2.75, 3.05) is 13.2 Å². The van der Waals surface area contributed by atoms with Crippen molar-refractivity contribution in [3.05, 3.63) is 89.5 Å². The van der Waals surface area contributed by atoms with E-state index in [0.29, 0.717) is 35.8 Å². The Morgan fingerprint density at radius 1 is 0.892 bits per heavy atom. The van der Waals surface area contributed by atoms with Crippen LogP contribution in [-0.4, -0.2) is 41.1 Å². The maximum Gasteiger partial charge on any atom is 0.255 e. The van der Waals surface area contributed by atoms with Gasteiger partial charge in [-0.25, -0.2) is 0 Å². The van der Waals surface area contributed by atoms with Gasteiger partial charge in [-0.2, -0.15) is 0 Å². The summed E-state index contributed by atoms with van der Waals surface area (Å²) in [6.45, 7) is 1.11. The molecule has 5 rings (SSSR count). The van der Waals surface area contributed by atoms with Crippen LogP contribution in [0.15, 0.2) is 72.8 Å². The van der Waals surface area contributed by atoms with Gasteiger partial charge in [-0.15, -0.1) is 0 Å². The molecule has 0 radical (unpaired) electrons. The molecule has 0 bridgehead atoms. The summed E-state index contributed by atoms with van der Waals surface area (Å²) in [4.78, 5) is 29.6. The molecule has 0 saturated heterocycles. The van der Waals surface area contributed by atoms with Crippen LogP contribution < -0.4 is 14.8 Å². The first-order valence-electron chi connectivity index (χ1n) is 12.9. The number of ether oxygens (including phenoxy) is 2. The fraction of sp³-hybridized carbons (Fsp3) is 0.333. The highest BCUT2D eigenvalue weighted by Crippen LogP contribution is 2.33. The van der Waals surface area contributed by atoms with Crippen LogP contribution in [0.1, 0.15) is 59.6 Å². The molecule has 1 atom stereocenters.